The number of carboxylic acid groups (broad SMARTS) is 1. The fourth-order valence-electron chi connectivity index (χ4n) is 2.38. The van der Waals surface area contributed by atoms with Gasteiger partial charge in [0.2, 0.25) is 0 Å². The van der Waals surface area contributed by atoms with E-state index in [0.717, 1.165) is 17.9 Å². The second kappa shape index (κ2) is 5.79. The summed E-state index contributed by atoms with van der Waals surface area (Å²) in [7, 11) is 0. The lowest BCUT2D eigenvalue weighted by Crippen LogP contribution is -2.48. The number of hydrogen-bond donors (Lipinski definition) is 2. The van der Waals surface area contributed by atoms with Gasteiger partial charge in [-0.2, -0.15) is 11.8 Å². The Hall–Kier alpha value is -0.950. The minimum absolute atomic E-state index is 0.124. The maximum absolute atomic E-state index is 12.3. The Labute approximate surface area is 110 Å². The van der Waals surface area contributed by atoms with Crippen LogP contribution in [0.3, 0.4) is 0 Å². The van der Waals surface area contributed by atoms with Gasteiger partial charge >= 0.3 is 12.0 Å². The van der Waals surface area contributed by atoms with E-state index in [1.54, 1.807) is 4.90 Å². The number of thioether (sulfide) groups is 1. The molecular formula is C11H18N2O4S. The summed E-state index contributed by atoms with van der Waals surface area (Å²) in [6, 6.07) is -1.13. The van der Waals surface area contributed by atoms with E-state index in [0.29, 0.717) is 13.1 Å². The maximum atomic E-state index is 12.3. The number of urea groups is 1. The Balaban J connectivity index is 2.04. The summed E-state index contributed by atoms with van der Waals surface area (Å²) in [5, 5.41) is 18.6. The quantitative estimate of drug-likeness (QED) is 0.707. The minimum atomic E-state index is -1.04. The van der Waals surface area contributed by atoms with Crippen molar-refractivity contribution < 1.29 is 19.8 Å². The Morgan fingerprint density at radius 3 is 2.72 bits per heavy atom. The van der Waals surface area contributed by atoms with E-state index in [-0.39, 0.29) is 19.0 Å². The zero-order valence-corrected chi connectivity index (χ0v) is 10.9. The lowest BCUT2D eigenvalue weighted by molar-refractivity contribution is -0.141. The van der Waals surface area contributed by atoms with Crippen LogP contribution >= 0.6 is 11.8 Å². The Morgan fingerprint density at radius 2 is 2.00 bits per heavy atom. The summed E-state index contributed by atoms with van der Waals surface area (Å²) in [6.07, 6.45) is 0.338. The first-order valence-corrected chi connectivity index (χ1v) is 7.29. The van der Waals surface area contributed by atoms with Crippen LogP contribution in [0.5, 0.6) is 0 Å². The van der Waals surface area contributed by atoms with E-state index in [1.165, 1.54) is 4.90 Å². The van der Waals surface area contributed by atoms with Crippen molar-refractivity contribution in [1.29, 1.82) is 0 Å². The topological polar surface area (TPSA) is 81.1 Å². The number of aliphatic hydroxyl groups excluding tert-OH is 1. The smallest absolute Gasteiger partial charge is 0.326 e. The molecule has 0 unspecified atom stereocenters. The number of hydrogen-bond acceptors (Lipinski definition) is 4. The summed E-state index contributed by atoms with van der Waals surface area (Å²) < 4.78 is 0. The molecule has 102 valence electrons. The molecule has 7 heteroatoms. The number of β-amino-alcohol motifs (C(OH)–C–C–N with tert-alkyl or cyclic N) is 1. The van der Waals surface area contributed by atoms with Crippen molar-refractivity contribution in [2.24, 2.45) is 0 Å². The molecule has 0 aromatic heterocycles. The first-order valence-electron chi connectivity index (χ1n) is 6.13. The van der Waals surface area contributed by atoms with Gasteiger partial charge < -0.3 is 20.0 Å². The van der Waals surface area contributed by atoms with E-state index in [9.17, 15) is 14.7 Å². The number of amides is 2. The zero-order valence-electron chi connectivity index (χ0n) is 10.1. The molecule has 2 aliphatic rings. The second-order valence-corrected chi connectivity index (χ2v) is 5.86. The third-order valence-corrected chi connectivity index (χ3v) is 4.35. The van der Waals surface area contributed by atoms with Crippen molar-refractivity contribution in [3.8, 4) is 0 Å². The Morgan fingerprint density at radius 1 is 1.22 bits per heavy atom. The average Bonchev–Trinajstić information content (AvgIpc) is 2.56. The van der Waals surface area contributed by atoms with Gasteiger partial charge in [-0.3, -0.25) is 0 Å². The van der Waals surface area contributed by atoms with Crippen molar-refractivity contribution >= 4 is 23.8 Å². The average molecular weight is 274 g/mol. The fraction of sp³-hybridized carbons (Fsp3) is 0.818. The van der Waals surface area contributed by atoms with E-state index >= 15 is 0 Å². The molecule has 0 aromatic rings. The summed E-state index contributed by atoms with van der Waals surface area (Å²) in [6.45, 7) is 1.45. The van der Waals surface area contributed by atoms with E-state index in [1.807, 2.05) is 11.8 Å². The highest BCUT2D eigenvalue weighted by molar-refractivity contribution is 7.99. The summed E-state index contributed by atoms with van der Waals surface area (Å²) >= 11 is 1.81. The Bertz CT molecular complexity index is 331. The number of aliphatic hydroxyl groups is 1. The van der Waals surface area contributed by atoms with Crippen molar-refractivity contribution in [3.05, 3.63) is 0 Å². The molecule has 2 aliphatic heterocycles. The lowest BCUT2D eigenvalue weighted by Gasteiger charge is -2.29. The van der Waals surface area contributed by atoms with Gasteiger partial charge in [-0.1, -0.05) is 0 Å². The number of rotatable bonds is 1. The first kappa shape index (κ1) is 13.5. The predicted octanol–water partition coefficient (Wildman–Crippen LogP) is 0.0651. The molecule has 0 bridgehead atoms. The van der Waals surface area contributed by atoms with Gasteiger partial charge in [0.05, 0.1) is 6.10 Å². The lowest BCUT2D eigenvalue weighted by atomic mass is 10.2. The fourth-order valence-corrected chi connectivity index (χ4v) is 3.27. The van der Waals surface area contributed by atoms with Gasteiger partial charge in [-0.25, -0.2) is 9.59 Å². The molecule has 6 nitrogen and oxygen atoms in total. The third kappa shape index (κ3) is 2.89. The van der Waals surface area contributed by atoms with Gasteiger partial charge in [0, 0.05) is 31.8 Å². The number of carbonyl (C=O) groups excluding carboxylic acids is 1. The van der Waals surface area contributed by atoms with Crippen LogP contribution in [0.25, 0.3) is 0 Å². The Kier molecular flexibility index (Phi) is 4.34. The van der Waals surface area contributed by atoms with Crippen LogP contribution in [-0.2, 0) is 4.79 Å². The maximum Gasteiger partial charge on any atom is 0.326 e. The van der Waals surface area contributed by atoms with Gasteiger partial charge in [-0.05, 0) is 12.2 Å². The number of likely N-dealkylation sites (tertiary alicyclic amines) is 1. The highest BCUT2D eigenvalue weighted by atomic mass is 32.2. The second-order valence-electron chi connectivity index (χ2n) is 4.63. The first-order chi connectivity index (χ1) is 8.59. The minimum Gasteiger partial charge on any atom is -0.480 e. The van der Waals surface area contributed by atoms with Crippen molar-refractivity contribution in [3.63, 3.8) is 0 Å². The van der Waals surface area contributed by atoms with Gasteiger partial charge in [0.15, 0.2) is 0 Å². The van der Waals surface area contributed by atoms with E-state index < -0.39 is 18.1 Å². The third-order valence-electron chi connectivity index (χ3n) is 3.30. The van der Waals surface area contributed by atoms with E-state index in [2.05, 4.69) is 0 Å². The SMILES string of the molecule is O=C(O)[C@H]1C[C@@H](O)CN1C(=O)N1CCCSCC1. The molecule has 2 N–H and O–H groups in total. The molecule has 0 aromatic carbocycles. The number of nitrogens with zero attached hydrogens (tertiary/aromatic N) is 2. The van der Waals surface area contributed by atoms with Crippen LogP contribution in [0.15, 0.2) is 0 Å². The van der Waals surface area contributed by atoms with E-state index in [4.69, 9.17) is 5.11 Å². The molecule has 2 amide bonds. The van der Waals surface area contributed by atoms with Crippen LogP contribution in [0, 0.1) is 0 Å². The highest BCUT2D eigenvalue weighted by Crippen LogP contribution is 2.21. The van der Waals surface area contributed by atoms with Crippen LogP contribution < -0.4 is 0 Å². The number of carboxylic acids is 1. The number of aliphatic carboxylic acids is 1. The molecule has 0 saturated carbocycles. The molecule has 2 saturated heterocycles. The largest absolute Gasteiger partial charge is 0.480 e. The predicted molar refractivity (Wildman–Crippen MR) is 67.7 cm³/mol. The molecule has 0 radical (unpaired) electrons. The molecular weight excluding hydrogens is 256 g/mol. The molecule has 2 fully saturated rings. The highest BCUT2D eigenvalue weighted by Gasteiger charge is 2.40. The van der Waals surface area contributed by atoms with Crippen molar-refractivity contribution in [2.75, 3.05) is 31.1 Å². The van der Waals surface area contributed by atoms with Gasteiger partial charge in [-0.15, -0.1) is 0 Å². The molecule has 0 aliphatic carbocycles. The molecule has 2 atom stereocenters. The van der Waals surface area contributed by atoms with Gasteiger partial charge in [0.25, 0.3) is 0 Å². The van der Waals surface area contributed by atoms with Crippen LogP contribution in [0.2, 0.25) is 0 Å². The van der Waals surface area contributed by atoms with Gasteiger partial charge in [0.1, 0.15) is 6.04 Å². The molecule has 2 heterocycles. The normalized spacial score (nSPS) is 29.2. The summed E-state index contributed by atoms with van der Waals surface area (Å²) in [5.41, 5.74) is 0. The van der Waals surface area contributed by atoms with Crippen LogP contribution in [0.1, 0.15) is 12.8 Å². The monoisotopic (exact) mass is 274 g/mol. The molecule has 18 heavy (non-hydrogen) atoms. The zero-order chi connectivity index (χ0) is 13.1. The standard InChI is InChI=1S/C11H18N2O4S/c14-8-6-9(10(15)16)13(7-8)11(17)12-2-1-4-18-5-3-12/h8-9,14H,1-7H2,(H,15,16)/t8-,9-/m1/s1. The molecule has 0 spiro atoms. The summed E-state index contributed by atoms with van der Waals surface area (Å²) in [4.78, 5) is 26.4. The van der Waals surface area contributed by atoms with Crippen molar-refractivity contribution in [2.45, 2.75) is 25.0 Å². The van der Waals surface area contributed by atoms with Crippen LogP contribution in [-0.4, -0.2) is 75.3 Å². The molecule has 2 rings (SSSR count). The summed E-state index contributed by atoms with van der Waals surface area (Å²) in [5.74, 6) is 0.887. The van der Waals surface area contributed by atoms with Crippen LogP contribution in [0.4, 0.5) is 4.79 Å². The van der Waals surface area contributed by atoms with Crippen molar-refractivity contribution in [1.82, 2.24) is 9.80 Å². The number of carbonyl (C=O) groups is 2.